The van der Waals surface area contributed by atoms with Crippen LogP contribution in [0.25, 0.3) is 27.5 Å². The summed E-state index contributed by atoms with van der Waals surface area (Å²) >= 11 is 0. The second-order valence-electron chi connectivity index (χ2n) is 6.33. The predicted octanol–water partition coefficient (Wildman–Crippen LogP) is 4.73. The van der Waals surface area contributed by atoms with Crippen molar-refractivity contribution >= 4 is 40.8 Å². The standard InChI is InChI=1S/C18H19NOSi/c1-6-12(2)18-17-14-8-7-13(21(3,4)5)11-16(14)20-15(17)9-10-19-18/h6-11H,1-2H2,3-5H3. The van der Waals surface area contributed by atoms with Crippen molar-refractivity contribution < 1.29 is 4.42 Å². The third kappa shape index (κ3) is 2.23. The van der Waals surface area contributed by atoms with Crippen molar-refractivity contribution in [2.45, 2.75) is 19.6 Å². The molecule has 0 amide bonds. The lowest BCUT2D eigenvalue weighted by atomic mass is 10.1. The van der Waals surface area contributed by atoms with Crippen molar-refractivity contribution in [3.8, 4) is 0 Å². The molecule has 0 unspecified atom stereocenters. The van der Waals surface area contributed by atoms with Gasteiger partial charge in [0.05, 0.1) is 19.2 Å². The zero-order chi connectivity index (χ0) is 15.2. The van der Waals surface area contributed by atoms with Gasteiger partial charge in [0.2, 0.25) is 0 Å². The summed E-state index contributed by atoms with van der Waals surface area (Å²) in [5, 5.41) is 3.52. The number of fused-ring (bicyclic) bond motifs is 3. The lowest BCUT2D eigenvalue weighted by molar-refractivity contribution is 0.668. The molecule has 3 rings (SSSR count). The number of aromatic nitrogens is 1. The molecule has 3 aromatic rings. The number of hydrogen-bond donors (Lipinski definition) is 0. The summed E-state index contributed by atoms with van der Waals surface area (Å²) in [5.74, 6) is 0. The Morgan fingerprint density at radius 2 is 1.95 bits per heavy atom. The van der Waals surface area contributed by atoms with Crippen molar-refractivity contribution in [3.63, 3.8) is 0 Å². The van der Waals surface area contributed by atoms with Crippen LogP contribution in [0.1, 0.15) is 5.69 Å². The van der Waals surface area contributed by atoms with Gasteiger partial charge in [-0.2, -0.15) is 0 Å². The largest absolute Gasteiger partial charge is 0.456 e. The first-order valence-corrected chi connectivity index (χ1v) is 10.6. The van der Waals surface area contributed by atoms with Crippen molar-refractivity contribution in [1.29, 1.82) is 0 Å². The van der Waals surface area contributed by atoms with Crippen LogP contribution in [0.2, 0.25) is 19.6 Å². The second-order valence-corrected chi connectivity index (χ2v) is 11.4. The first-order valence-electron chi connectivity index (χ1n) is 7.05. The smallest absolute Gasteiger partial charge is 0.139 e. The molecule has 106 valence electrons. The molecule has 0 aliphatic rings. The lowest BCUT2D eigenvalue weighted by Crippen LogP contribution is -2.37. The first kappa shape index (κ1) is 13.8. The zero-order valence-electron chi connectivity index (χ0n) is 12.7. The van der Waals surface area contributed by atoms with Gasteiger partial charge in [0.25, 0.3) is 0 Å². The number of furan rings is 1. The van der Waals surface area contributed by atoms with Crippen LogP contribution in [-0.2, 0) is 0 Å². The molecule has 2 aromatic heterocycles. The van der Waals surface area contributed by atoms with Crippen molar-refractivity contribution in [2.24, 2.45) is 0 Å². The van der Waals surface area contributed by atoms with Crippen LogP contribution in [-0.4, -0.2) is 13.1 Å². The third-order valence-electron chi connectivity index (χ3n) is 3.80. The lowest BCUT2D eigenvalue weighted by Gasteiger charge is -2.15. The Morgan fingerprint density at radius 1 is 1.19 bits per heavy atom. The van der Waals surface area contributed by atoms with Gasteiger partial charge in [-0.1, -0.05) is 56.2 Å². The molecule has 0 spiro atoms. The van der Waals surface area contributed by atoms with E-state index in [-0.39, 0.29) is 0 Å². The fraction of sp³-hybridized carbons (Fsp3) is 0.167. The number of allylic oxidation sites excluding steroid dienone is 2. The molecule has 0 N–H and O–H groups in total. The molecule has 0 aliphatic carbocycles. The number of pyridine rings is 1. The van der Waals surface area contributed by atoms with Gasteiger partial charge in [0.1, 0.15) is 11.2 Å². The minimum atomic E-state index is -1.35. The molecule has 3 heteroatoms. The Balaban J connectivity index is 2.36. The van der Waals surface area contributed by atoms with E-state index < -0.39 is 8.07 Å². The maximum Gasteiger partial charge on any atom is 0.139 e. The fourth-order valence-corrected chi connectivity index (χ4v) is 3.68. The highest BCUT2D eigenvalue weighted by Crippen LogP contribution is 2.32. The van der Waals surface area contributed by atoms with E-state index in [9.17, 15) is 0 Å². The summed E-state index contributed by atoms with van der Waals surface area (Å²) in [6.45, 7) is 14.8. The molecule has 0 fully saturated rings. The van der Waals surface area contributed by atoms with E-state index in [1.807, 2.05) is 6.07 Å². The van der Waals surface area contributed by atoms with Gasteiger partial charge in [-0.05, 0) is 17.7 Å². The Morgan fingerprint density at radius 3 is 2.62 bits per heavy atom. The van der Waals surface area contributed by atoms with Gasteiger partial charge in [0.15, 0.2) is 0 Å². The van der Waals surface area contributed by atoms with Gasteiger partial charge in [-0.3, -0.25) is 4.98 Å². The quantitative estimate of drug-likeness (QED) is 0.515. The summed E-state index contributed by atoms with van der Waals surface area (Å²) in [7, 11) is -1.35. The average Bonchev–Trinajstić information content (AvgIpc) is 2.82. The molecule has 2 heterocycles. The zero-order valence-corrected chi connectivity index (χ0v) is 13.7. The maximum absolute atomic E-state index is 6.03. The minimum absolute atomic E-state index is 0.817. The molecule has 1 aromatic carbocycles. The first-order chi connectivity index (χ1) is 9.91. The van der Waals surface area contributed by atoms with Gasteiger partial charge < -0.3 is 4.42 Å². The molecule has 2 nitrogen and oxygen atoms in total. The van der Waals surface area contributed by atoms with Crippen LogP contribution < -0.4 is 5.19 Å². The van der Waals surface area contributed by atoms with E-state index in [1.165, 1.54) is 5.19 Å². The number of hydrogen-bond acceptors (Lipinski definition) is 2. The summed E-state index contributed by atoms with van der Waals surface area (Å²) < 4.78 is 6.03. The molecule has 0 atom stereocenters. The van der Waals surface area contributed by atoms with Crippen molar-refractivity contribution in [3.05, 3.63) is 55.4 Å². The monoisotopic (exact) mass is 293 g/mol. The Kier molecular flexibility index (Phi) is 3.10. The maximum atomic E-state index is 6.03. The molecule has 0 saturated heterocycles. The minimum Gasteiger partial charge on any atom is -0.456 e. The van der Waals surface area contributed by atoms with Crippen LogP contribution >= 0.6 is 0 Å². The van der Waals surface area contributed by atoms with Crippen LogP contribution in [0.3, 0.4) is 0 Å². The topological polar surface area (TPSA) is 26.0 Å². The summed E-state index contributed by atoms with van der Waals surface area (Å²) in [6, 6.07) is 8.46. The van der Waals surface area contributed by atoms with E-state index in [2.05, 4.69) is 56.0 Å². The second kappa shape index (κ2) is 4.71. The highest BCUT2D eigenvalue weighted by Gasteiger charge is 2.19. The van der Waals surface area contributed by atoms with Gasteiger partial charge in [-0.25, -0.2) is 0 Å². The van der Waals surface area contributed by atoms with E-state index in [4.69, 9.17) is 4.42 Å². The average molecular weight is 293 g/mol. The summed E-state index contributed by atoms with van der Waals surface area (Å²) in [5.41, 5.74) is 3.45. The Labute approximate surface area is 125 Å². The summed E-state index contributed by atoms with van der Waals surface area (Å²) in [6.07, 6.45) is 3.49. The van der Waals surface area contributed by atoms with E-state index in [0.29, 0.717) is 0 Å². The molecular weight excluding hydrogens is 274 g/mol. The molecule has 0 bridgehead atoms. The molecular formula is C18H19NOSi. The third-order valence-corrected chi connectivity index (χ3v) is 5.84. The van der Waals surface area contributed by atoms with E-state index >= 15 is 0 Å². The molecule has 0 radical (unpaired) electrons. The van der Waals surface area contributed by atoms with Crippen molar-refractivity contribution in [2.75, 3.05) is 0 Å². The Hall–Kier alpha value is -2.13. The van der Waals surface area contributed by atoms with Gasteiger partial charge in [-0.15, -0.1) is 0 Å². The number of nitrogens with zero attached hydrogens (tertiary/aromatic N) is 1. The van der Waals surface area contributed by atoms with E-state index in [1.54, 1.807) is 12.3 Å². The fourth-order valence-electron chi connectivity index (χ4n) is 2.53. The van der Waals surface area contributed by atoms with Crippen molar-refractivity contribution in [1.82, 2.24) is 4.98 Å². The summed E-state index contributed by atoms with van der Waals surface area (Å²) in [4.78, 5) is 4.45. The Bertz CT molecular complexity index is 868. The number of benzene rings is 1. The van der Waals surface area contributed by atoms with Gasteiger partial charge in [0, 0.05) is 11.6 Å². The molecule has 0 aliphatic heterocycles. The van der Waals surface area contributed by atoms with Crippen LogP contribution in [0, 0.1) is 0 Å². The SMILES string of the molecule is C=CC(=C)c1nccc2oc3cc([Si](C)(C)C)ccc3c12. The highest BCUT2D eigenvalue weighted by molar-refractivity contribution is 6.88. The van der Waals surface area contributed by atoms with Crippen LogP contribution in [0.5, 0.6) is 0 Å². The molecule has 21 heavy (non-hydrogen) atoms. The van der Waals surface area contributed by atoms with Crippen LogP contribution in [0.15, 0.2) is 54.1 Å². The molecule has 0 saturated carbocycles. The van der Waals surface area contributed by atoms with Gasteiger partial charge >= 0.3 is 0 Å². The normalized spacial score (nSPS) is 12.0. The van der Waals surface area contributed by atoms with Crippen LogP contribution in [0.4, 0.5) is 0 Å². The number of rotatable bonds is 3. The highest BCUT2D eigenvalue weighted by atomic mass is 28.3. The predicted molar refractivity (Wildman–Crippen MR) is 93.7 cm³/mol. The van der Waals surface area contributed by atoms with E-state index in [0.717, 1.165) is 33.2 Å².